The summed E-state index contributed by atoms with van der Waals surface area (Å²) in [6.45, 7) is 1.73. The van der Waals surface area contributed by atoms with Crippen LogP contribution >= 0.6 is 0 Å². The number of ether oxygens (including phenoxy) is 1. The zero-order chi connectivity index (χ0) is 16.9. The van der Waals surface area contributed by atoms with Crippen molar-refractivity contribution in [1.29, 1.82) is 0 Å². The molecule has 0 saturated carbocycles. The van der Waals surface area contributed by atoms with Gasteiger partial charge in [0.05, 0.1) is 13.0 Å². The second-order valence-electron chi connectivity index (χ2n) is 7.19. The van der Waals surface area contributed by atoms with Gasteiger partial charge in [0.15, 0.2) is 0 Å². The van der Waals surface area contributed by atoms with Crippen molar-refractivity contribution in [3.63, 3.8) is 0 Å². The number of carbonyl (C=O) groups is 2. The highest BCUT2D eigenvalue weighted by Gasteiger charge is 2.59. The summed E-state index contributed by atoms with van der Waals surface area (Å²) in [6, 6.07) is 4.32. The van der Waals surface area contributed by atoms with Crippen LogP contribution in [0.3, 0.4) is 0 Å². The van der Waals surface area contributed by atoms with Gasteiger partial charge in [0.2, 0.25) is 5.91 Å². The van der Waals surface area contributed by atoms with Gasteiger partial charge in [0, 0.05) is 31.7 Å². The molecule has 6 nitrogen and oxygen atoms in total. The fourth-order valence-corrected chi connectivity index (χ4v) is 4.51. The molecule has 1 amide bonds. The molecule has 0 spiro atoms. The van der Waals surface area contributed by atoms with Crippen molar-refractivity contribution in [3.05, 3.63) is 28.8 Å². The van der Waals surface area contributed by atoms with Gasteiger partial charge in [-0.1, -0.05) is 6.07 Å². The van der Waals surface area contributed by atoms with Crippen molar-refractivity contribution < 1.29 is 19.4 Å². The second kappa shape index (κ2) is 5.48. The number of amides is 1. The normalized spacial score (nSPS) is 28.5. The highest BCUT2D eigenvalue weighted by Crippen LogP contribution is 2.41. The Kier molecular flexibility index (Phi) is 3.53. The molecule has 2 heterocycles. The number of methoxy groups -OCH3 is 1. The highest BCUT2D eigenvalue weighted by atomic mass is 16.5. The zero-order valence-electron chi connectivity index (χ0n) is 13.8. The maximum Gasteiger partial charge on any atom is 0.313 e. The number of fused-ring (bicyclic) bond motifs is 2. The molecular weight excluding hydrogens is 308 g/mol. The molecule has 0 bridgehead atoms. The summed E-state index contributed by atoms with van der Waals surface area (Å²) in [4.78, 5) is 25.9. The van der Waals surface area contributed by atoms with Gasteiger partial charge in [-0.2, -0.15) is 0 Å². The lowest BCUT2D eigenvalue weighted by Gasteiger charge is -2.23. The summed E-state index contributed by atoms with van der Waals surface area (Å²) in [5.74, 6) is -0.618. The Morgan fingerprint density at radius 1 is 1.42 bits per heavy atom. The van der Waals surface area contributed by atoms with E-state index in [1.165, 1.54) is 17.5 Å². The Morgan fingerprint density at radius 3 is 2.83 bits per heavy atom. The summed E-state index contributed by atoms with van der Waals surface area (Å²) in [6.07, 6.45) is 3.37. The number of nitrogens with one attached hydrogen (secondary N) is 1. The molecule has 3 aliphatic rings. The van der Waals surface area contributed by atoms with E-state index in [-0.39, 0.29) is 12.5 Å². The van der Waals surface area contributed by atoms with Crippen molar-refractivity contribution >= 4 is 11.9 Å². The number of nitrogens with zero attached hydrogens (tertiary/aromatic N) is 1. The minimum absolute atomic E-state index is 0.138. The van der Waals surface area contributed by atoms with Crippen LogP contribution in [0.5, 0.6) is 5.75 Å². The Hall–Kier alpha value is -2.08. The van der Waals surface area contributed by atoms with Crippen LogP contribution in [-0.2, 0) is 29.0 Å². The van der Waals surface area contributed by atoms with E-state index in [1.807, 2.05) is 0 Å². The summed E-state index contributed by atoms with van der Waals surface area (Å²) in [5, 5.41) is 12.4. The molecule has 2 fully saturated rings. The average molecular weight is 330 g/mol. The van der Waals surface area contributed by atoms with Crippen molar-refractivity contribution in [2.45, 2.75) is 25.8 Å². The minimum Gasteiger partial charge on any atom is -0.496 e. The first-order valence-corrected chi connectivity index (χ1v) is 8.45. The maximum atomic E-state index is 12.0. The van der Waals surface area contributed by atoms with Crippen molar-refractivity contribution in [3.8, 4) is 5.75 Å². The number of likely N-dealkylation sites (tertiary alicyclic amines) is 1. The number of aliphatic carboxylic acids is 1. The largest absolute Gasteiger partial charge is 0.496 e. The van der Waals surface area contributed by atoms with E-state index >= 15 is 0 Å². The summed E-state index contributed by atoms with van der Waals surface area (Å²) >= 11 is 0. The first-order chi connectivity index (χ1) is 11.5. The molecule has 6 heteroatoms. The topological polar surface area (TPSA) is 78.9 Å². The van der Waals surface area contributed by atoms with Gasteiger partial charge in [0.25, 0.3) is 0 Å². The number of benzene rings is 1. The Labute approximate surface area is 140 Å². The summed E-state index contributed by atoms with van der Waals surface area (Å²) in [5.41, 5.74) is 2.83. The number of hydrogen-bond acceptors (Lipinski definition) is 4. The van der Waals surface area contributed by atoms with Crippen molar-refractivity contribution in [1.82, 2.24) is 10.2 Å². The fourth-order valence-electron chi connectivity index (χ4n) is 4.51. The molecule has 2 N–H and O–H groups in total. The van der Waals surface area contributed by atoms with Gasteiger partial charge in [-0.05, 0) is 36.5 Å². The fraction of sp³-hybridized carbons (Fsp3) is 0.556. The number of carbonyl (C=O) groups excluding carboxylic acids is 1. The van der Waals surface area contributed by atoms with Crippen LogP contribution in [0.15, 0.2) is 12.1 Å². The summed E-state index contributed by atoms with van der Waals surface area (Å²) < 4.78 is 5.55. The van der Waals surface area contributed by atoms with Gasteiger partial charge in [0.1, 0.15) is 11.2 Å². The lowest BCUT2D eigenvalue weighted by molar-refractivity contribution is -0.149. The minimum atomic E-state index is -0.985. The van der Waals surface area contributed by atoms with Crippen molar-refractivity contribution in [2.75, 3.05) is 26.7 Å². The molecule has 0 aromatic heterocycles. The van der Waals surface area contributed by atoms with Crippen LogP contribution in [0.1, 0.15) is 23.1 Å². The van der Waals surface area contributed by atoms with Gasteiger partial charge in [-0.25, -0.2) is 0 Å². The van der Waals surface area contributed by atoms with E-state index in [9.17, 15) is 14.7 Å². The predicted octanol–water partition coefficient (Wildman–Crippen LogP) is 0.816. The van der Waals surface area contributed by atoms with E-state index in [2.05, 4.69) is 22.3 Å². The molecule has 2 saturated heterocycles. The third kappa shape index (κ3) is 2.20. The second-order valence-corrected chi connectivity index (χ2v) is 7.19. The molecule has 1 aromatic carbocycles. The zero-order valence-corrected chi connectivity index (χ0v) is 13.8. The monoisotopic (exact) mass is 330 g/mol. The molecule has 2 aliphatic heterocycles. The van der Waals surface area contributed by atoms with Crippen LogP contribution in [-0.4, -0.2) is 48.6 Å². The molecular formula is C18H22N2O4. The number of carboxylic acid groups (broad SMARTS) is 1. The van der Waals surface area contributed by atoms with E-state index < -0.39 is 17.3 Å². The summed E-state index contributed by atoms with van der Waals surface area (Å²) in [7, 11) is 1.67. The molecule has 4 rings (SSSR count). The average Bonchev–Trinajstić information content (AvgIpc) is 3.22. The Bertz CT molecular complexity index is 717. The van der Waals surface area contributed by atoms with Crippen LogP contribution in [0.25, 0.3) is 0 Å². The lowest BCUT2D eigenvalue weighted by Crippen LogP contribution is -2.40. The first-order valence-electron chi connectivity index (χ1n) is 8.45. The molecule has 0 unspecified atom stereocenters. The Balaban J connectivity index is 1.59. The molecule has 2 atom stereocenters. The number of carboxylic acids is 1. The number of rotatable bonds is 4. The molecule has 1 aromatic rings. The first kappa shape index (κ1) is 15.4. The number of hydrogen-bond donors (Lipinski definition) is 2. The van der Waals surface area contributed by atoms with Crippen LogP contribution < -0.4 is 10.1 Å². The smallest absolute Gasteiger partial charge is 0.313 e. The SMILES string of the molecule is COc1cc2c(cc1CN1C[C@H]3C(=O)NC[C@@]3(C(=O)O)C1)CCC2. The third-order valence-electron chi connectivity index (χ3n) is 5.82. The number of aryl methyl sites for hydroxylation is 2. The Morgan fingerprint density at radius 2 is 2.17 bits per heavy atom. The van der Waals surface area contributed by atoms with Crippen LogP contribution in [0, 0.1) is 11.3 Å². The molecule has 24 heavy (non-hydrogen) atoms. The maximum absolute atomic E-state index is 12.0. The lowest BCUT2D eigenvalue weighted by atomic mass is 9.81. The van der Waals surface area contributed by atoms with E-state index in [1.54, 1.807) is 7.11 Å². The van der Waals surface area contributed by atoms with Crippen LogP contribution in [0.2, 0.25) is 0 Å². The van der Waals surface area contributed by atoms with E-state index in [4.69, 9.17) is 4.74 Å². The van der Waals surface area contributed by atoms with Gasteiger partial charge < -0.3 is 15.2 Å². The van der Waals surface area contributed by atoms with E-state index in [0.717, 1.165) is 24.2 Å². The van der Waals surface area contributed by atoms with Gasteiger partial charge in [-0.3, -0.25) is 14.5 Å². The predicted molar refractivity (Wildman–Crippen MR) is 86.9 cm³/mol. The molecule has 1 aliphatic carbocycles. The molecule has 0 radical (unpaired) electrons. The van der Waals surface area contributed by atoms with Crippen LogP contribution in [0.4, 0.5) is 0 Å². The highest BCUT2D eigenvalue weighted by molar-refractivity contribution is 5.92. The van der Waals surface area contributed by atoms with E-state index in [0.29, 0.717) is 19.6 Å². The third-order valence-corrected chi connectivity index (χ3v) is 5.82. The molecule has 128 valence electrons. The van der Waals surface area contributed by atoms with Crippen molar-refractivity contribution in [2.24, 2.45) is 11.3 Å². The van der Waals surface area contributed by atoms with Gasteiger partial charge in [-0.15, -0.1) is 0 Å². The standard InChI is InChI=1S/C18H22N2O4/c1-24-15-6-12-4-2-3-11(12)5-13(15)7-20-8-14-16(21)19-9-18(14,10-20)17(22)23/h5-6,14H,2-4,7-10H2,1H3,(H,19,21)(H,22,23)/t14-,18+/m0/s1. The van der Waals surface area contributed by atoms with Gasteiger partial charge >= 0.3 is 5.97 Å². The quantitative estimate of drug-likeness (QED) is 0.854.